The van der Waals surface area contributed by atoms with Crippen molar-refractivity contribution in [1.82, 2.24) is 4.90 Å². The lowest BCUT2D eigenvalue weighted by atomic mass is 10.0. The molecule has 0 aromatic heterocycles. The van der Waals surface area contributed by atoms with E-state index in [2.05, 4.69) is 5.32 Å². The van der Waals surface area contributed by atoms with Crippen LogP contribution in [0.4, 0.5) is 10.5 Å². The van der Waals surface area contributed by atoms with Crippen molar-refractivity contribution in [3.63, 3.8) is 0 Å². The third kappa shape index (κ3) is 3.39. The van der Waals surface area contributed by atoms with E-state index in [1.807, 2.05) is 6.07 Å². The third-order valence-corrected chi connectivity index (χ3v) is 4.46. The monoisotopic (exact) mass is 302 g/mol. The van der Waals surface area contributed by atoms with Crippen LogP contribution < -0.4 is 5.32 Å². The first-order chi connectivity index (χ1) is 8.76. The Morgan fingerprint density at radius 1 is 1.47 bits per heavy atom. The van der Waals surface area contributed by atoms with Gasteiger partial charge < -0.3 is 10.2 Å². The SMILES string of the molecule is CN1Cc2cc(C(Cl)CS(C)(=O)=O)ccc2NC1=O. The predicted molar refractivity (Wildman–Crippen MR) is 75.2 cm³/mol. The Labute approximate surface area is 117 Å². The summed E-state index contributed by atoms with van der Waals surface area (Å²) in [5.41, 5.74) is 2.42. The second-order valence-electron chi connectivity index (χ2n) is 4.76. The van der Waals surface area contributed by atoms with Gasteiger partial charge in [0.25, 0.3) is 0 Å². The van der Waals surface area contributed by atoms with E-state index in [-0.39, 0.29) is 11.8 Å². The van der Waals surface area contributed by atoms with Crippen molar-refractivity contribution < 1.29 is 13.2 Å². The molecule has 1 heterocycles. The Kier molecular flexibility index (Phi) is 3.73. The summed E-state index contributed by atoms with van der Waals surface area (Å²) in [6.45, 7) is 0.484. The first-order valence-electron chi connectivity index (χ1n) is 5.73. The van der Waals surface area contributed by atoms with Crippen LogP contribution in [0.1, 0.15) is 16.5 Å². The second kappa shape index (κ2) is 5.02. The molecular weight excluding hydrogens is 288 g/mol. The number of anilines is 1. The molecule has 5 nitrogen and oxygen atoms in total. The van der Waals surface area contributed by atoms with Crippen molar-refractivity contribution in [1.29, 1.82) is 0 Å². The van der Waals surface area contributed by atoms with E-state index in [1.54, 1.807) is 24.1 Å². The van der Waals surface area contributed by atoms with Crippen molar-refractivity contribution >= 4 is 33.2 Å². The minimum Gasteiger partial charge on any atom is -0.323 e. The largest absolute Gasteiger partial charge is 0.323 e. The van der Waals surface area contributed by atoms with Gasteiger partial charge in [0, 0.05) is 25.5 Å². The van der Waals surface area contributed by atoms with Gasteiger partial charge >= 0.3 is 6.03 Å². The van der Waals surface area contributed by atoms with E-state index >= 15 is 0 Å². The van der Waals surface area contributed by atoms with Gasteiger partial charge in [-0.25, -0.2) is 13.2 Å². The van der Waals surface area contributed by atoms with Crippen LogP contribution in [0.5, 0.6) is 0 Å². The summed E-state index contributed by atoms with van der Waals surface area (Å²) >= 11 is 6.12. The van der Waals surface area contributed by atoms with Gasteiger partial charge in [-0.1, -0.05) is 12.1 Å². The highest BCUT2D eigenvalue weighted by Crippen LogP contribution is 2.29. The van der Waals surface area contributed by atoms with Crippen LogP contribution >= 0.6 is 11.6 Å². The van der Waals surface area contributed by atoms with Crippen LogP contribution in [0, 0.1) is 0 Å². The van der Waals surface area contributed by atoms with Gasteiger partial charge in [-0.3, -0.25) is 0 Å². The molecule has 0 bridgehead atoms. The van der Waals surface area contributed by atoms with Gasteiger partial charge in [-0.2, -0.15) is 0 Å². The Morgan fingerprint density at radius 2 is 2.16 bits per heavy atom. The minimum absolute atomic E-state index is 0.102. The number of sulfone groups is 1. The van der Waals surface area contributed by atoms with Crippen molar-refractivity contribution in [2.24, 2.45) is 0 Å². The molecule has 0 saturated carbocycles. The first kappa shape index (κ1) is 14.1. The van der Waals surface area contributed by atoms with Crippen molar-refractivity contribution in [2.75, 3.05) is 24.4 Å². The van der Waals surface area contributed by atoms with E-state index in [4.69, 9.17) is 11.6 Å². The van der Waals surface area contributed by atoms with E-state index in [1.165, 1.54) is 0 Å². The minimum atomic E-state index is -3.12. The summed E-state index contributed by atoms with van der Waals surface area (Å²) in [6, 6.07) is 5.19. The van der Waals surface area contributed by atoms with Crippen molar-refractivity contribution in [2.45, 2.75) is 11.9 Å². The molecule has 104 valence electrons. The van der Waals surface area contributed by atoms with Crippen LogP contribution in [0.2, 0.25) is 0 Å². The number of alkyl halides is 1. The van der Waals surface area contributed by atoms with E-state index in [0.29, 0.717) is 6.54 Å². The molecule has 1 aliphatic rings. The normalized spacial score (nSPS) is 16.8. The smallest absolute Gasteiger partial charge is 0.321 e. The molecule has 7 heteroatoms. The highest BCUT2D eigenvalue weighted by atomic mass is 35.5. The number of halogens is 1. The van der Waals surface area contributed by atoms with E-state index < -0.39 is 15.2 Å². The van der Waals surface area contributed by atoms with Gasteiger partial charge in [-0.15, -0.1) is 11.6 Å². The van der Waals surface area contributed by atoms with Crippen LogP contribution in [0.25, 0.3) is 0 Å². The van der Waals surface area contributed by atoms with Crippen LogP contribution in [-0.4, -0.2) is 38.4 Å². The highest BCUT2D eigenvalue weighted by Gasteiger charge is 2.21. The number of rotatable bonds is 3. The maximum absolute atomic E-state index is 11.5. The molecule has 0 saturated heterocycles. The Balaban J connectivity index is 2.26. The van der Waals surface area contributed by atoms with Crippen LogP contribution in [-0.2, 0) is 16.4 Å². The van der Waals surface area contributed by atoms with Crippen molar-refractivity contribution in [3.8, 4) is 0 Å². The maximum Gasteiger partial charge on any atom is 0.321 e. The summed E-state index contributed by atoms with van der Waals surface area (Å²) < 4.78 is 22.5. The fourth-order valence-electron chi connectivity index (χ4n) is 1.96. The zero-order valence-electron chi connectivity index (χ0n) is 10.7. The predicted octanol–water partition coefficient (Wildman–Crippen LogP) is 1.99. The fraction of sp³-hybridized carbons (Fsp3) is 0.417. The number of nitrogens with one attached hydrogen (secondary N) is 1. The number of benzene rings is 1. The van der Waals surface area contributed by atoms with Gasteiger partial charge in [0.05, 0.1) is 11.1 Å². The lowest BCUT2D eigenvalue weighted by Crippen LogP contribution is -2.35. The molecule has 0 radical (unpaired) electrons. The summed E-state index contributed by atoms with van der Waals surface area (Å²) in [5, 5.41) is 2.17. The summed E-state index contributed by atoms with van der Waals surface area (Å²) in [5.74, 6) is -0.102. The number of carbonyl (C=O) groups is 1. The number of carbonyl (C=O) groups excluding carboxylic acids is 1. The lowest BCUT2D eigenvalue weighted by Gasteiger charge is -2.26. The molecule has 1 N–H and O–H groups in total. The maximum atomic E-state index is 11.5. The molecule has 0 aliphatic carbocycles. The molecule has 1 aliphatic heterocycles. The third-order valence-electron chi connectivity index (χ3n) is 2.94. The quantitative estimate of drug-likeness (QED) is 0.868. The van der Waals surface area contributed by atoms with Gasteiger partial charge in [-0.05, 0) is 17.2 Å². The topological polar surface area (TPSA) is 66.5 Å². The number of fused-ring (bicyclic) bond motifs is 1. The number of hydrogen-bond acceptors (Lipinski definition) is 3. The summed E-state index contributed by atoms with van der Waals surface area (Å²) in [6.07, 6.45) is 1.16. The molecule has 1 unspecified atom stereocenters. The highest BCUT2D eigenvalue weighted by molar-refractivity contribution is 7.90. The average molecular weight is 303 g/mol. The lowest BCUT2D eigenvalue weighted by molar-refractivity contribution is 0.218. The van der Waals surface area contributed by atoms with Crippen molar-refractivity contribution in [3.05, 3.63) is 29.3 Å². The zero-order valence-corrected chi connectivity index (χ0v) is 12.3. The molecule has 1 atom stereocenters. The molecular formula is C12H15ClN2O3S. The van der Waals surface area contributed by atoms with E-state index in [0.717, 1.165) is 23.1 Å². The number of urea groups is 1. The van der Waals surface area contributed by atoms with Gasteiger partial charge in [0.2, 0.25) is 0 Å². The molecule has 0 fully saturated rings. The Bertz CT molecular complexity index is 615. The molecule has 19 heavy (non-hydrogen) atoms. The molecule has 0 spiro atoms. The number of nitrogens with zero attached hydrogens (tertiary/aromatic N) is 1. The zero-order chi connectivity index (χ0) is 14.2. The Hall–Kier alpha value is -1.27. The summed E-state index contributed by atoms with van der Waals surface area (Å²) in [4.78, 5) is 13.0. The second-order valence-corrected chi connectivity index (χ2v) is 7.47. The molecule has 2 amide bonds. The standard InChI is InChI=1S/C12H15ClN2O3S/c1-15-6-9-5-8(10(13)7-19(2,17)18)3-4-11(9)14-12(15)16/h3-5,10H,6-7H2,1-2H3,(H,14,16). The molecule has 1 aromatic carbocycles. The number of amides is 2. The van der Waals surface area contributed by atoms with E-state index in [9.17, 15) is 13.2 Å². The first-order valence-corrected chi connectivity index (χ1v) is 8.23. The fourth-order valence-corrected chi connectivity index (χ4v) is 3.51. The van der Waals surface area contributed by atoms with Crippen LogP contribution in [0.3, 0.4) is 0 Å². The van der Waals surface area contributed by atoms with Gasteiger partial charge in [0.1, 0.15) is 9.84 Å². The van der Waals surface area contributed by atoms with Crippen LogP contribution in [0.15, 0.2) is 18.2 Å². The molecule has 1 aromatic rings. The van der Waals surface area contributed by atoms with Gasteiger partial charge in [0.15, 0.2) is 0 Å². The summed E-state index contributed by atoms with van der Waals surface area (Å²) in [7, 11) is -1.43. The number of hydrogen-bond donors (Lipinski definition) is 1. The Morgan fingerprint density at radius 3 is 2.79 bits per heavy atom. The average Bonchev–Trinajstić information content (AvgIpc) is 2.27. The molecule has 2 rings (SSSR count).